The minimum absolute atomic E-state index is 0.132. The third-order valence-corrected chi connectivity index (χ3v) is 3.50. The van der Waals surface area contributed by atoms with Crippen molar-refractivity contribution in [3.05, 3.63) is 59.7 Å². The summed E-state index contributed by atoms with van der Waals surface area (Å²) in [5.41, 5.74) is 4.11. The number of halogens is 1. The Hall–Kier alpha value is -1.87. The molecule has 0 bridgehead atoms. The molecule has 0 aliphatic carbocycles. The van der Waals surface area contributed by atoms with Crippen LogP contribution in [0.15, 0.2) is 42.5 Å². The van der Waals surface area contributed by atoms with Crippen LogP contribution in [0, 0.1) is 6.92 Å². The van der Waals surface area contributed by atoms with E-state index in [9.17, 15) is 0 Å². The van der Waals surface area contributed by atoms with Crippen LogP contribution in [0.2, 0.25) is 0 Å². The third-order valence-electron chi connectivity index (χ3n) is 3.31. The molecule has 20 heavy (non-hydrogen) atoms. The number of benzene rings is 1. The summed E-state index contributed by atoms with van der Waals surface area (Å²) in [6, 6.07) is 14.2. The molecule has 1 atom stereocenters. The maximum Gasteiger partial charge on any atom is 0.128 e. The Kier molecular flexibility index (Phi) is 3.45. The van der Waals surface area contributed by atoms with Gasteiger partial charge in [0.05, 0.1) is 28.6 Å². The second kappa shape index (κ2) is 5.25. The Morgan fingerprint density at radius 2 is 1.90 bits per heavy atom. The lowest BCUT2D eigenvalue weighted by Gasteiger charge is -2.10. The van der Waals surface area contributed by atoms with Gasteiger partial charge in [-0.1, -0.05) is 18.2 Å². The first-order valence-electron chi connectivity index (χ1n) is 6.67. The number of hydrogen-bond donors (Lipinski definition) is 0. The zero-order valence-electron chi connectivity index (χ0n) is 11.5. The first-order chi connectivity index (χ1) is 9.65. The molecule has 102 valence electrons. The zero-order valence-corrected chi connectivity index (χ0v) is 12.3. The molecular weight excluding hydrogens is 270 g/mol. The highest BCUT2D eigenvalue weighted by molar-refractivity contribution is 6.20. The number of alkyl halides is 1. The summed E-state index contributed by atoms with van der Waals surface area (Å²) in [6.07, 6.45) is 0. The van der Waals surface area contributed by atoms with Crippen LogP contribution in [-0.2, 0) is 6.54 Å². The van der Waals surface area contributed by atoms with Gasteiger partial charge in [0.15, 0.2) is 0 Å². The van der Waals surface area contributed by atoms with Gasteiger partial charge in [0, 0.05) is 5.69 Å². The molecular formula is C16H16ClN3. The summed E-state index contributed by atoms with van der Waals surface area (Å²) in [6.45, 7) is 4.64. The molecule has 0 aliphatic heterocycles. The van der Waals surface area contributed by atoms with Crippen LogP contribution in [0.1, 0.15) is 29.5 Å². The van der Waals surface area contributed by atoms with E-state index in [2.05, 4.69) is 20.6 Å². The molecule has 0 saturated heterocycles. The second-order valence-corrected chi connectivity index (χ2v) is 5.59. The second-order valence-electron chi connectivity index (χ2n) is 4.93. The Balaban J connectivity index is 2.11. The lowest BCUT2D eigenvalue weighted by atomic mass is 10.3. The van der Waals surface area contributed by atoms with Gasteiger partial charge in [0.25, 0.3) is 0 Å². The van der Waals surface area contributed by atoms with Crippen molar-refractivity contribution in [3.8, 4) is 0 Å². The van der Waals surface area contributed by atoms with Gasteiger partial charge in [0.1, 0.15) is 5.82 Å². The van der Waals surface area contributed by atoms with Crippen LogP contribution in [0.3, 0.4) is 0 Å². The number of aromatic nitrogens is 3. The van der Waals surface area contributed by atoms with Gasteiger partial charge in [-0.3, -0.25) is 4.98 Å². The molecule has 1 unspecified atom stereocenters. The molecule has 2 heterocycles. The predicted molar refractivity (Wildman–Crippen MR) is 82.1 cm³/mol. The van der Waals surface area contributed by atoms with E-state index in [-0.39, 0.29) is 5.38 Å². The highest BCUT2D eigenvalue weighted by atomic mass is 35.5. The fraction of sp³-hybridized carbons (Fsp3) is 0.250. The average Bonchev–Trinajstić information content (AvgIpc) is 2.78. The summed E-state index contributed by atoms with van der Waals surface area (Å²) in [5.74, 6) is 0.885. The molecule has 0 spiro atoms. The number of para-hydroxylation sites is 2. The highest BCUT2D eigenvalue weighted by Gasteiger charge is 2.15. The minimum atomic E-state index is -0.132. The molecule has 3 nitrogen and oxygen atoms in total. The van der Waals surface area contributed by atoms with Crippen molar-refractivity contribution in [3.63, 3.8) is 0 Å². The lowest BCUT2D eigenvalue weighted by molar-refractivity contribution is 0.725. The SMILES string of the molecule is Cc1cccc(Cn2c(C(C)Cl)nc3ccccc32)n1. The quantitative estimate of drug-likeness (QED) is 0.679. The molecule has 2 aromatic heterocycles. The van der Waals surface area contributed by atoms with E-state index in [0.29, 0.717) is 6.54 Å². The van der Waals surface area contributed by atoms with Gasteiger partial charge >= 0.3 is 0 Å². The van der Waals surface area contributed by atoms with Gasteiger partial charge in [-0.05, 0) is 38.1 Å². The molecule has 1 aromatic carbocycles. The van der Waals surface area contributed by atoms with Gasteiger partial charge in [-0.15, -0.1) is 11.6 Å². The largest absolute Gasteiger partial charge is 0.321 e. The van der Waals surface area contributed by atoms with E-state index in [4.69, 9.17) is 11.6 Å². The fourth-order valence-corrected chi connectivity index (χ4v) is 2.58. The van der Waals surface area contributed by atoms with E-state index in [1.165, 1.54) is 0 Å². The van der Waals surface area contributed by atoms with Crippen LogP contribution in [0.4, 0.5) is 0 Å². The summed E-state index contributed by atoms with van der Waals surface area (Å²) in [5, 5.41) is -0.132. The average molecular weight is 286 g/mol. The van der Waals surface area contributed by atoms with E-state index < -0.39 is 0 Å². The van der Waals surface area contributed by atoms with Crippen molar-refractivity contribution in [1.82, 2.24) is 14.5 Å². The van der Waals surface area contributed by atoms with Crippen molar-refractivity contribution in [2.75, 3.05) is 0 Å². The Morgan fingerprint density at radius 3 is 2.65 bits per heavy atom. The molecule has 0 fully saturated rings. The fourth-order valence-electron chi connectivity index (χ4n) is 2.41. The highest BCUT2D eigenvalue weighted by Crippen LogP contribution is 2.25. The molecule has 3 rings (SSSR count). The molecule has 4 heteroatoms. The maximum absolute atomic E-state index is 6.27. The summed E-state index contributed by atoms with van der Waals surface area (Å²) in [7, 11) is 0. The van der Waals surface area contributed by atoms with Crippen LogP contribution < -0.4 is 0 Å². The normalized spacial score (nSPS) is 12.8. The Morgan fingerprint density at radius 1 is 1.10 bits per heavy atom. The molecule has 0 radical (unpaired) electrons. The monoisotopic (exact) mass is 285 g/mol. The van der Waals surface area contributed by atoms with Crippen LogP contribution in [-0.4, -0.2) is 14.5 Å². The smallest absolute Gasteiger partial charge is 0.128 e. The number of fused-ring (bicyclic) bond motifs is 1. The first kappa shape index (κ1) is 13.1. The number of hydrogen-bond acceptors (Lipinski definition) is 2. The van der Waals surface area contributed by atoms with Gasteiger partial charge in [0.2, 0.25) is 0 Å². The lowest BCUT2D eigenvalue weighted by Crippen LogP contribution is -2.07. The van der Waals surface area contributed by atoms with E-state index in [1.54, 1.807) is 0 Å². The van der Waals surface area contributed by atoms with Gasteiger partial charge < -0.3 is 4.57 Å². The predicted octanol–water partition coefficient (Wildman–Crippen LogP) is 4.09. The van der Waals surface area contributed by atoms with Crippen LogP contribution in [0.25, 0.3) is 11.0 Å². The molecule has 3 aromatic rings. The topological polar surface area (TPSA) is 30.7 Å². The zero-order chi connectivity index (χ0) is 14.1. The maximum atomic E-state index is 6.27. The molecule has 0 amide bonds. The number of rotatable bonds is 3. The van der Waals surface area contributed by atoms with Crippen molar-refractivity contribution in [2.24, 2.45) is 0 Å². The van der Waals surface area contributed by atoms with Crippen molar-refractivity contribution < 1.29 is 0 Å². The number of nitrogens with zero attached hydrogens (tertiary/aromatic N) is 3. The Bertz CT molecular complexity index is 746. The summed E-state index contributed by atoms with van der Waals surface area (Å²) in [4.78, 5) is 9.20. The minimum Gasteiger partial charge on any atom is -0.321 e. The molecule has 0 aliphatic rings. The van der Waals surface area contributed by atoms with Crippen LogP contribution in [0.5, 0.6) is 0 Å². The number of imidazole rings is 1. The number of pyridine rings is 1. The summed E-state index contributed by atoms with van der Waals surface area (Å²) < 4.78 is 2.15. The van der Waals surface area contributed by atoms with E-state index >= 15 is 0 Å². The first-order valence-corrected chi connectivity index (χ1v) is 7.10. The van der Waals surface area contributed by atoms with Crippen LogP contribution >= 0.6 is 11.6 Å². The molecule has 0 N–H and O–H groups in total. The standard InChI is InChI=1S/C16H16ClN3/c1-11-6-5-7-13(18-11)10-20-15-9-4-3-8-14(15)19-16(20)12(2)17/h3-9,12H,10H2,1-2H3. The third kappa shape index (κ3) is 2.41. The van der Waals surface area contributed by atoms with Crippen molar-refractivity contribution >= 4 is 22.6 Å². The van der Waals surface area contributed by atoms with E-state index in [1.807, 2.05) is 50.2 Å². The molecule has 0 saturated carbocycles. The van der Waals surface area contributed by atoms with Gasteiger partial charge in [-0.25, -0.2) is 4.98 Å². The number of aryl methyl sites for hydroxylation is 1. The van der Waals surface area contributed by atoms with E-state index in [0.717, 1.165) is 28.2 Å². The van der Waals surface area contributed by atoms with Crippen molar-refractivity contribution in [2.45, 2.75) is 25.8 Å². The Labute approximate surface area is 123 Å². The van der Waals surface area contributed by atoms with Crippen molar-refractivity contribution in [1.29, 1.82) is 0 Å². The van der Waals surface area contributed by atoms with Gasteiger partial charge in [-0.2, -0.15) is 0 Å². The summed E-state index contributed by atoms with van der Waals surface area (Å²) >= 11 is 6.27.